The molecule has 7 N–H and O–H groups in total. The average Bonchev–Trinajstić information content (AvgIpc) is 2.16. The highest BCUT2D eigenvalue weighted by Gasteiger charge is 1.98. The second-order valence-corrected chi connectivity index (χ2v) is 2.61. The van der Waals surface area contributed by atoms with Crippen molar-refractivity contribution in [2.24, 2.45) is 11.5 Å². The van der Waals surface area contributed by atoms with Crippen LogP contribution in [0.3, 0.4) is 0 Å². The van der Waals surface area contributed by atoms with Gasteiger partial charge in [0, 0.05) is 13.1 Å². The Morgan fingerprint density at radius 2 is 2.08 bits per heavy atom. The van der Waals surface area contributed by atoms with Crippen LogP contribution in [0.4, 0.5) is 0 Å². The lowest BCUT2D eigenvalue weighted by atomic mass is 10.4. The third kappa shape index (κ3) is 7.66. The zero-order chi connectivity index (χ0) is 10.1. The molecule has 6 heteroatoms. The van der Waals surface area contributed by atoms with Gasteiger partial charge in [-0.3, -0.25) is 10.1 Å². The SMILES string of the molecule is NCC(=O)NCCCNC(O)CN. The van der Waals surface area contributed by atoms with E-state index in [9.17, 15) is 4.79 Å². The fraction of sp³-hybridized carbons (Fsp3) is 0.857. The second-order valence-electron chi connectivity index (χ2n) is 2.61. The molecule has 0 bridgehead atoms. The minimum atomic E-state index is -0.662. The summed E-state index contributed by atoms with van der Waals surface area (Å²) in [5.41, 5.74) is 10.2. The minimum Gasteiger partial charge on any atom is -0.377 e. The number of nitrogens with one attached hydrogen (secondary N) is 2. The topological polar surface area (TPSA) is 113 Å². The van der Waals surface area contributed by atoms with Crippen molar-refractivity contribution >= 4 is 5.91 Å². The minimum absolute atomic E-state index is 0.0128. The molecule has 0 aliphatic rings. The number of hydrogen-bond acceptors (Lipinski definition) is 5. The van der Waals surface area contributed by atoms with E-state index in [2.05, 4.69) is 10.6 Å². The standard InChI is InChI=1S/C7H18N4O2/c8-4-6(12)10-2-1-3-11-7(13)5-9/h6,10,12H,1-5,8-9H2,(H,11,13). The first-order valence-corrected chi connectivity index (χ1v) is 4.29. The summed E-state index contributed by atoms with van der Waals surface area (Å²) in [4.78, 5) is 10.6. The van der Waals surface area contributed by atoms with Crippen LogP contribution in [0.2, 0.25) is 0 Å². The van der Waals surface area contributed by atoms with E-state index in [0.29, 0.717) is 13.1 Å². The van der Waals surface area contributed by atoms with E-state index in [1.807, 2.05) is 0 Å². The molecule has 1 amide bonds. The van der Waals surface area contributed by atoms with Gasteiger partial charge in [0.15, 0.2) is 0 Å². The van der Waals surface area contributed by atoms with Gasteiger partial charge in [-0.1, -0.05) is 0 Å². The van der Waals surface area contributed by atoms with Gasteiger partial charge < -0.3 is 21.9 Å². The Hall–Kier alpha value is -0.690. The van der Waals surface area contributed by atoms with Gasteiger partial charge in [0.25, 0.3) is 0 Å². The van der Waals surface area contributed by atoms with E-state index < -0.39 is 6.23 Å². The molecule has 0 rings (SSSR count). The highest BCUT2D eigenvalue weighted by molar-refractivity contribution is 5.77. The lowest BCUT2D eigenvalue weighted by Crippen LogP contribution is -2.38. The van der Waals surface area contributed by atoms with Gasteiger partial charge in [-0.2, -0.15) is 0 Å². The first-order valence-electron chi connectivity index (χ1n) is 4.29. The Morgan fingerprint density at radius 1 is 1.38 bits per heavy atom. The molecule has 0 radical (unpaired) electrons. The Bertz CT molecular complexity index is 142. The molecule has 0 aromatic carbocycles. The zero-order valence-electron chi connectivity index (χ0n) is 7.62. The molecule has 13 heavy (non-hydrogen) atoms. The van der Waals surface area contributed by atoms with Crippen molar-refractivity contribution in [3.8, 4) is 0 Å². The average molecular weight is 190 g/mol. The Labute approximate surface area is 77.7 Å². The lowest BCUT2D eigenvalue weighted by Gasteiger charge is -2.09. The molecule has 0 aliphatic heterocycles. The molecule has 0 heterocycles. The Kier molecular flexibility index (Phi) is 7.51. The highest BCUT2D eigenvalue weighted by Crippen LogP contribution is 1.76. The molecule has 78 valence electrons. The lowest BCUT2D eigenvalue weighted by molar-refractivity contribution is -0.119. The van der Waals surface area contributed by atoms with Crippen molar-refractivity contribution < 1.29 is 9.90 Å². The number of amides is 1. The maximum atomic E-state index is 10.6. The number of carbonyl (C=O) groups excluding carboxylic acids is 1. The van der Waals surface area contributed by atoms with Crippen LogP contribution in [0, 0.1) is 0 Å². The van der Waals surface area contributed by atoms with Crippen LogP contribution in [-0.2, 0) is 4.79 Å². The van der Waals surface area contributed by atoms with E-state index in [4.69, 9.17) is 16.6 Å². The number of aliphatic hydroxyl groups is 1. The van der Waals surface area contributed by atoms with E-state index >= 15 is 0 Å². The fourth-order valence-corrected chi connectivity index (χ4v) is 0.740. The monoisotopic (exact) mass is 190 g/mol. The largest absolute Gasteiger partial charge is 0.377 e. The van der Waals surface area contributed by atoms with Gasteiger partial charge in [-0.15, -0.1) is 0 Å². The summed E-state index contributed by atoms with van der Waals surface area (Å²) in [6.45, 7) is 1.37. The van der Waals surface area contributed by atoms with Crippen molar-refractivity contribution in [1.82, 2.24) is 10.6 Å². The summed E-state index contributed by atoms with van der Waals surface area (Å²) in [6, 6.07) is 0. The molecular weight excluding hydrogens is 172 g/mol. The normalized spacial score (nSPS) is 12.5. The number of aliphatic hydroxyl groups excluding tert-OH is 1. The van der Waals surface area contributed by atoms with Gasteiger partial charge in [-0.05, 0) is 13.0 Å². The third-order valence-electron chi connectivity index (χ3n) is 1.46. The number of nitrogens with two attached hydrogens (primary N) is 2. The number of rotatable bonds is 7. The quantitative estimate of drug-likeness (QED) is 0.222. The van der Waals surface area contributed by atoms with Crippen LogP contribution in [-0.4, -0.2) is 43.4 Å². The van der Waals surface area contributed by atoms with Crippen LogP contribution < -0.4 is 22.1 Å². The van der Waals surface area contributed by atoms with Crippen molar-refractivity contribution in [3.63, 3.8) is 0 Å². The number of hydrogen-bond donors (Lipinski definition) is 5. The van der Waals surface area contributed by atoms with Gasteiger partial charge in [0.2, 0.25) is 5.91 Å². The van der Waals surface area contributed by atoms with Crippen molar-refractivity contribution in [2.45, 2.75) is 12.6 Å². The molecule has 0 spiro atoms. The van der Waals surface area contributed by atoms with Crippen molar-refractivity contribution in [2.75, 3.05) is 26.2 Å². The fourth-order valence-electron chi connectivity index (χ4n) is 0.740. The van der Waals surface area contributed by atoms with Crippen LogP contribution in [0.1, 0.15) is 6.42 Å². The molecular formula is C7H18N4O2. The predicted octanol–water partition coefficient (Wildman–Crippen LogP) is -2.68. The molecule has 0 saturated carbocycles. The maximum Gasteiger partial charge on any atom is 0.233 e. The van der Waals surface area contributed by atoms with Crippen molar-refractivity contribution in [3.05, 3.63) is 0 Å². The van der Waals surface area contributed by atoms with Crippen LogP contribution >= 0.6 is 0 Å². The summed E-state index contributed by atoms with van der Waals surface area (Å²) in [7, 11) is 0. The van der Waals surface area contributed by atoms with Crippen LogP contribution in [0.5, 0.6) is 0 Å². The second kappa shape index (κ2) is 7.93. The number of carbonyl (C=O) groups is 1. The molecule has 0 aliphatic carbocycles. The van der Waals surface area contributed by atoms with E-state index in [0.717, 1.165) is 6.42 Å². The van der Waals surface area contributed by atoms with Gasteiger partial charge in [0.05, 0.1) is 6.54 Å². The van der Waals surface area contributed by atoms with Gasteiger partial charge in [-0.25, -0.2) is 0 Å². The molecule has 0 saturated heterocycles. The highest BCUT2D eigenvalue weighted by atomic mass is 16.3. The molecule has 6 nitrogen and oxygen atoms in total. The van der Waals surface area contributed by atoms with Gasteiger partial charge >= 0.3 is 0 Å². The first kappa shape index (κ1) is 12.3. The Balaban J connectivity index is 3.12. The summed E-state index contributed by atoms with van der Waals surface area (Å²) in [5.74, 6) is -0.167. The van der Waals surface area contributed by atoms with E-state index in [-0.39, 0.29) is 19.0 Å². The molecule has 0 aromatic heterocycles. The van der Waals surface area contributed by atoms with E-state index in [1.54, 1.807) is 0 Å². The smallest absolute Gasteiger partial charge is 0.233 e. The molecule has 1 unspecified atom stereocenters. The summed E-state index contributed by atoms with van der Waals surface area (Å²) < 4.78 is 0. The Morgan fingerprint density at radius 3 is 2.62 bits per heavy atom. The zero-order valence-corrected chi connectivity index (χ0v) is 7.62. The predicted molar refractivity (Wildman–Crippen MR) is 49.7 cm³/mol. The third-order valence-corrected chi connectivity index (χ3v) is 1.46. The van der Waals surface area contributed by atoms with Crippen molar-refractivity contribution in [1.29, 1.82) is 0 Å². The molecule has 0 aromatic rings. The maximum absolute atomic E-state index is 10.6. The molecule has 0 fully saturated rings. The summed E-state index contributed by atoms with van der Waals surface area (Å²) in [6.07, 6.45) is 0.0770. The van der Waals surface area contributed by atoms with Crippen LogP contribution in [0.15, 0.2) is 0 Å². The van der Waals surface area contributed by atoms with Gasteiger partial charge in [0.1, 0.15) is 6.23 Å². The first-order chi connectivity index (χ1) is 6.20. The molecule has 1 atom stereocenters. The summed E-state index contributed by atoms with van der Waals surface area (Å²) >= 11 is 0. The van der Waals surface area contributed by atoms with E-state index in [1.165, 1.54) is 0 Å². The summed E-state index contributed by atoms with van der Waals surface area (Å²) in [5, 5.41) is 14.3. The van der Waals surface area contributed by atoms with Crippen LogP contribution in [0.25, 0.3) is 0 Å².